The maximum Gasteiger partial charge on any atom is 0.0935 e. The van der Waals surface area contributed by atoms with Gasteiger partial charge in [0.1, 0.15) is 0 Å². The van der Waals surface area contributed by atoms with Crippen molar-refractivity contribution in [2.45, 2.75) is 36.9 Å². The Morgan fingerprint density at radius 3 is 2.71 bits per heavy atom. The molecule has 1 fully saturated rings. The predicted octanol–water partition coefficient (Wildman–Crippen LogP) is 3.35. The number of epoxide rings is 1. The Labute approximate surface area is 89.9 Å². The van der Waals surface area contributed by atoms with Crippen LogP contribution in [0.25, 0.3) is 0 Å². The minimum Gasteiger partial charge on any atom is -0.369 e. The van der Waals surface area contributed by atoms with Gasteiger partial charge in [0.2, 0.25) is 0 Å². The van der Waals surface area contributed by atoms with Crippen molar-refractivity contribution >= 4 is 11.8 Å². The molecule has 14 heavy (non-hydrogen) atoms. The van der Waals surface area contributed by atoms with E-state index in [2.05, 4.69) is 37.3 Å². The van der Waals surface area contributed by atoms with Crippen LogP contribution in [0, 0.1) is 0 Å². The molecule has 0 aliphatic carbocycles. The van der Waals surface area contributed by atoms with Crippen LogP contribution in [-0.4, -0.2) is 18.0 Å². The number of hydrogen-bond acceptors (Lipinski definition) is 2. The number of benzene rings is 1. The van der Waals surface area contributed by atoms with E-state index in [0.29, 0.717) is 12.2 Å². The fourth-order valence-corrected chi connectivity index (χ4v) is 2.56. The molecule has 2 atom stereocenters. The van der Waals surface area contributed by atoms with Crippen molar-refractivity contribution in [1.82, 2.24) is 0 Å². The van der Waals surface area contributed by atoms with E-state index < -0.39 is 0 Å². The molecule has 2 rings (SSSR count). The van der Waals surface area contributed by atoms with E-state index in [4.69, 9.17) is 4.74 Å². The van der Waals surface area contributed by atoms with Crippen molar-refractivity contribution < 1.29 is 4.74 Å². The predicted molar refractivity (Wildman–Crippen MR) is 60.7 cm³/mol. The van der Waals surface area contributed by atoms with Gasteiger partial charge in [0.05, 0.1) is 12.2 Å². The number of hydrogen-bond donors (Lipinski definition) is 0. The van der Waals surface area contributed by atoms with Crippen molar-refractivity contribution in [1.29, 1.82) is 0 Å². The number of rotatable bonds is 5. The van der Waals surface area contributed by atoms with Gasteiger partial charge in [0, 0.05) is 10.6 Å². The highest BCUT2D eigenvalue weighted by molar-refractivity contribution is 7.99. The molecule has 0 unspecified atom stereocenters. The average molecular weight is 208 g/mol. The van der Waals surface area contributed by atoms with E-state index in [9.17, 15) is 0 Å². The third-order valence-electron chi connectivity index (χ3n) is 2.42. The molecule has 0 N–H and O–H groups in total. The lowest BCUT2D eigenvalue weighted by molar-refractivity contribution is 0.371. The molecular formula is C12H16OS. The van der Waals surface area contributed by atoms with Gasteiger partial charge in [-0.25, -0.2) is 0 Å². The van der Waals surface area contributed by atoms with Gasteiger partial charge >= 0.3 is 0 Å². The molecule has 1 aromatic carbocycles. The zero-order valence-electron chi connectivity index (χ0n) is 8.48. The minimum atomic E-state index is 0.514. The van der Waals surface area contributed by atoms with Crippen molar-refractivity contribution in [3.05, 3.63) is 30.3 Å². The van der Waals surface area contributed by atoms with Gasteiger partial charge in [-0.15, -0.1) is 11.8 Å². The zero-order chi connectivity index (χ0) is 9.80. The smallest absolute Gasteiger partial charge is 0.0935 e. The lowest BCUT2D eigenvalue weighted by Gasteiger charge is -1.97. The van der Waals surface area contributed by atoms with Crippen molar-refractivity contribution in [2.75, 3.05) is 5.75 Å². The highest BCUT2D eigenvalue weighted by Gasteiger charge is 2.37. The first kappa shape index (κ1) is 10.1. The molecule has 0 bridgehead atoms. The number of ether oxygens (including phenoxy) is 1. The molecule has 0 aromatic heterocycles. The summed E-state index contributed by atoms with van der Waals surface area (Å²) < 4.78 is 5.56. The van der Waals surface area contributed by atoms with Gasteiger partial charge in [-0.1, -0.05) is 31.5 Å². The van der Waals surface area contributed by atoms with Gasteiger partial charge in [-0.2, -0.15) is 0 Å². The maximum atomic E-state index is 5.56. The molecule has 0 amide bonds. The molecule has 0 radical (unpaired) electrons. The summed E-state index contributed by atoms with van der Waals surface area (Å²) in [6.45, 7) is 2.21. The molecule has 1 aliphatic heterocycles. The second-order valence-electron chi connectivity index (χ2n) is 3.63. The quantitative estimate of drug-likeness (QED) is 0.543. The van der Waals surface area contributed by atoms with Crippen LogP contribution in [0.2, 0.25) is 0 Å². The Morgan fingerprint density at radius 1 is 1.21 bits per heavy atom. The second kappa shape index (κ2) is 4.85. The molecule has 2 heteroatoms. The zero-order valence-corrected chi connectivity index (χ0v) is 9.30. The lowest BCUT2D eigenvalue weighted by atomic mass is 10.2. The molecule has 0 spiro atoms. The van der Waals surface area contributed by atoms with Crippen LogP contribution >= 0.6 is 11.8 Å². The standard InChI is InChI=1S/C12H16OS/c1-2-6-11-12(13-11)9-14-10-7-4-3-5-8-10/h3-5,7-8,11-12H,2,6,9H2,1H3/t11-,12+/m0/s1. The minimum absolute atomic E-state index is 0.514. The largest absolute Gasteiger partial charge is 0.369 e. The van der Waals surface area contributed by atoms with E-state index in [1.54, 1.807) is 0 Å². The molecule has 1 heterocycles. The summed E-state index contributed by atoms with van der Waals surface area (Å²) in [6, 6.07) is 10.5. The Kier molecular flexibility index (Phi) is 3.49. The average Bonchev–Trinajstić information content (AvgIpc) is 2.96. The van der Waals surface area contributed by atoms with Gasteiger partial charge < -0.3 is 4.74 Å². The molecule has 0 saturated carbocycles. The lowest BCUT2D eigenvalue weighted by Crippen LogP contribution is -1.96. The van der Waals surface area contributed by atoms with Gasteiger partial charge in [0.25, 0.3) is 0 Å². The topological polar surface area (TPSA) is 12.5 Å². The summed E-state index contributed by atoms with van der Waals surface area (Å²) in [5, 5.41) is 0. The van der Waals surface area contributed by atoms with Crippen LogP contribution in [0.4, 0.5) is 0 Å². The Hall–Kier alpha value is -0.470. The van der Waals surface area contributed by atoms with E-state index >= 15 is 0 Å². The molecular weight excluding hydrogens is 192 g/mol. The fourth-order valence-electron chi connectivity index (χ4n) is 1.56. The van der Waals surface area contributed by atoms with Crippen molar-refractivity contribution in [3.8, 4) is 0 Å². The first-order chi connectivity index (χ1) is 6.90. The third-order valence-corrected chi connectivity index (χ3v) is 3.52. The van der Waals surface area contributed by atoms with Gasteiger partial charge in [-0.05, 0) is 18.6 Å². The normalized spacial score (nSPS) is 24.9. The Balaban J connectivity index is 1.70. The van der Waals surface area contributed by atoms with Crippen LogP contribution in [0.5, 0.6) is 0 Å². The monoisotopic (exact) mass is 208 g/mol. The summed E-state index contributed by atoms with van der Waals surface area (Å²) in [6.07, 6.45) is 3.52. The first-order valence-electron chi connectivity index (χ1n) is 5.23. The molecule has 1 aliphatic rings. The van der Waals surface area contributed by atoms with E-state index in [1.165, 1.54) is 17.7 Å². The van der Waals surface area contributed by atoms with E-state index in [-0.39, 0.29) is 0 Å². The van der Waals surface area contributed by atoms with Crippen LogP contribution in [0.3, 0.4) is 0 Å². The molecule has 1 saturated heterocycles. The second-order valence-corrected chi connectivity index (χ2v) is 4.72. The van der Waals surface area contributed by atoms with Crippen LogP contribution in [0.15, 0.2) is 35.2 Å². The summed E-state index contributed by atoms with van der Waals surface area (Å²) in [5.41, 5.74) is 0. The van der Waals surface area contributed by atoms with E-state index in [0.717, 1.165) is 5.75 Å². The SMILES string of the molecule is CCC[C@@H]1O[C@@H]1CSc1ccccc1. The summed E-state index contributed by atoms with van der Waals surface area (Å²) in [4.78, 5) is 1.35. The Bertz CT molecular complexity index is 273. The highest BCUT2D eigenvalue weighted by Crippen LogP contribution is 2.31. The number of thioether (sulfide) groups is 1. The maximum absolute atomic E-state index is 5.56. The Morgan fingerprint density at radius 2 is 2.00 bits per heavy atom. The van der Waals surface area contributed by atoms with Crippen LogP contribution < -0.4 is 0 Å². The summed E-state index contributed by atoms with van der Waals surface area (Å²) >= 11 is 1.90. The van der Waals surface area contributed by atoms with Gasteiger partial charge in [0.15, 0.2) is 0 Å². The molecule has 1 nitrogen and oxygen atoms in total. The fraction of sp³-hybridized carbons (Fsp3) is 0.500. The third kappa shape index (κ3) is 2.76. The highest BCUT2D eigenvalue weighted by atomic mass is 32.2. The molecule has 76 valence electrons. The van der Waals surface area contributed by atoms with Gasteiger partial charge in [-0.3, -0.25) is 0 Å². The first-order valence-corrected chi connectivity index (χ1v) is 6.22. The summed E-state index contributed by atoms with van der Waals surface area (Å²) in [7, 11) is 0. The van der Waals surface area contributed by atoms with Crippen LogP contribution in [-0.2, 0) is 4.74 Å². The van der Waals surface area contributed by atoms with E-state index in [1.807, 2.05) is 11.8 Å². The van der Waals surface area contributed by atoms with Crippen molar-refractivity contribution in [3.63, 3.8) is 0 Å². The van der Waals surface area contributed by atoms with Crippen molar-refractivity contribution in [2.24, 2.45) is 0 Å². The van der Waals surface area contributed by atoms with Crippen LogP contribution in [0.1, 0.15) is 19.8 Å². The molecule has 1 aromatic rings. The summed E-state index contributed by atoms with van der Waals surface area (Å²) in [5.74, 6) is 1.11.